The zero-order valence-corrected chi connectivity index (χ0v) is 23.0. The van der Waals surface area contributed by atoms with Gasteiger partial charge >= 0.3 is 6.18 Å². The quantitative estimate of drug-likeness (QED) is 0.514. The van der Waals surface area contributed by atoms with Crippen LogP contribution in [0.5, 0.6) is 5.75 Å². The van der Waals surface area contributed by atoms with Crippen molar-refractivity contribution in [1.82, 2.24) is 19.9 Å². The molecule has 2 unspecified atom stereocenters. The van der Waals surface area contributed by atoms with E-state index in [1.165, 1.54) is 0 Å². The number of carbonyl (C=O) groups excluding carboxylic acids is 1. The number of carbonyl (C=O) groups is 1. The lowest BCUT2D eigenvalue weighted by molar-refractivity contribution is -0.140. The van der Waals surface area contributed by atoms with Gasteiger partial charge in [-0.2, -0.15) is 13.2 Å². The highest BCUT2D eigenvalue weighted by Crippen LogP contribution is 2.43. The number of alkyl halides is 3. The molecule has 2 atom stereocenters. The zero-order valence-electron chi connectivity index (χ0n) is 23.0. The Balaban J connectivity index is 1.22. The van der Waals surface area contributed by atoms with Crippen LogP contribution in [0.3, 0.4) is 0 Å². The van der Waals surface area contributed by atoms with E-state index in [-0.39, 0.29) is 30.3 Å². The second kappa shape index (κ2) is 12.3. The molecule has 2 fully saturated rings. The van der Waals surface area contributed by atoms with Crippen molar-refractivity contribution >= 4 is 23.4 Å². The van der Waals surface area contributed by atoms with Crippen molar-refractivity contribution in [2.75, 3.05) is 36.8 Å². The molecule has 3 aliphatic rings. The molecule has 4 heterocycles. The molecular weight excluding hydrogens is 535 g/mol. The number of hydrogen-bond acceptors (Lipinski definition) is 8. The number of allylic oxidation sites excluding steroid dienone is 4. The van der Waals surface area contributed by atoms with Crippen LogP contribution in [0, 0.1) is 11.8 Å². The van der Waals surface area contributed by atoms with E-state index in [1.807, 2.05) is 24.0 Å². The van der Waals surface area contributed by atoms with Crippen LogP contribution in [-0.2, 0) is 11.4 Å². The first-order chi connectivity index (χ1) is 19.7. The molecule has 0 spiro atoms. The van der Waals surface area contributed by atoms with Crippen molar-refractivity contribution in [3.05, 3.63) is 59.7 Å². The average Bonchev–Trinajstić information content (AvgIpc) is 2.92. The van der Waals surface area contributed by atoms with E-state index >= 15 is 0 Å². The van der Waals surface area contributed by atoms with E-state index in [0.29, 0.717) is 86.8 Å². The molecule has 41 heavy (non-hydrogen) atoms. The average molecular weight is 570 g/mol. The topological polar surface area (TPSA) is 110 Å². The second-order valence-electron chi connectivity index (χ2n) is 10.4. The summed E-state index contributed by atoms with van der Waals surface area (Å²) in [6.45, 7) is 4.13. The summed E-state index contributed by atoms with van der Waals surface area (Å²) in [5.74, 6) is 0.918. The molecule has 1 saturated carbocycles. The minimum Gasteiger partial charge on any atom is -0.483 e. The molecule has 2 aromatic heterocycles. The van der Waals surface area contributed by atoms with E-state index < -0.39 is 11.9 Å². The Morgan fingerprint density at radius 3 is 2.61 bits per heavy atom. The third kappa shape index (κ3) is 6.68. The summed E-state index contributed by atoms with van der Waals surface area (Å²) in [5.41, 5.74) is 6.56. The first-order valence-corrected chi connectivity index (χ1v) is 14.0. The normalized spacial score (nSPS) is 21.6. The van der Waals surface area contributed by atoms with Crippen molar-refractivity contribution < 1.29 is 22.7 Å². The standard InChI is InChI=1S/C29H34F3N7O2/c1-2-20-6-3-5-19(17-25(36-20)29(30,31)32)22-8-9-23(22)27(40)39-15-13-38(14-16-39)26-24(7-4-11-34-26)41-18-21-10-12-35-28(33)37-21/h4-5,7,10-12,17,22-23H,2-3,6,8-9,13-16,18H2,1H3,(H2,33,35,37). The maximum absolute atomic E-state index is 13.7. The van der Waals surface area contributed by atoms with Crippen molar-refractivity contribution in [2.45, 2.75) is 51.8 Å². The summed E-state index contributed by atoms with van der Waals surface area (Å²) in [6, 6.07) is 5.36. The number of anilines is 2. The van der Waals surface area contributed by atoms with Crippen LogP contribution in [0.1, 0.15) is 44.7 Å². The number of aromatic nitrogens is 3. The van der Waals surface area contributed by atoms with E-state index in [9.17, 15) is 18.0 Å². The van der Waals surface area contributed by atoms with Gasteiger partial charge in [-0.1, -0.05) is 13.0 Å². The molecule has 0 aromatic carbocycles. The Morgan fingerprint density at radius 1 is 1.12 bits per heavy atom. The number of hydrogen-bond donors (Lipinski definition) is 1. The number of halogens is 3. The number of amides is 1. The van der Waals surface area contributed by atoms with Gasteiger partial charge in [-0.15, -0.1) is 0 Å². The van der Waals surface area contributed by atoms with Gasteiger partial charge < -0.3 is 20.3 Å². The molecule has 218 valence electrons. The van der Waals surface area contributed by atoms with Crippen LogP contribution >= 0.6 is 0 Å². The van der Waals surface area contributed by atoms with Gasteiger partial charge in [-0.25, -0.2) is 15.0 Å². The van der Waals surface area contributed by atoms with E-state index in [4.69, 9.17) is 10.5 Å². The maximum Gasteiger partial charge on any atom is 0.433 e. The summed E-state index contributed by atoms with van der Waals surface area (Å²) in [5, 5.41) is 0. The minimum absolute atomic E-state index is 0.00223. The number of ether oxygens (including phenoxy) is 1. The van der Waals surface area contributed by atoms with Gasteiger partial charge in [0.15, 0.2) is 11.6 Å². The van der Waals surface area contributed by atoms with Crippen LogP contribution in [-0.4, -0.2) is 63.8 Å². The molecule has 1 saturated heterocycles. The fraction of sp³-hybridized carbons (Fsp3) is 0.483. The van der Waals surface area contributed by atoms with Gasteiger partial charge in [0, 0.05) is 50.2 Å². The number of nitrogens with two attached hydrogens (primary N) is 1. The summed E-state index contributed by atoms with van der Waals surface area (Å²) in [4.78, 5) is 33.9. The van der Waals surface area contributed by atoms with E-state index in [0.717, 1.165) is 6.08 Å². The molecule has 0 bridgehead atoms. The van der Waals surface area contributed by atoms with E-state index in [2.05, 4.69) is 24.8 Å². The predicted octanol–water partition coefficient (Wildman–Crippen LogP) is 4.73. The van der Waals surface area contributed by atoms with Gasteiger partial charge in [0.2, 0.25) is 11.9 Å². The first kappa shape index (κ1) is 28.6. The molecule has 2 N–H and O–H groups in total. The third-order valence-electron chi connectivity index (χ3n) is 7.86. The number of nitrogens with zero attached hydrogens (tertiary/aromatic N) is 6. The molecule has 1 amide bonds. The summed E-state index contributed by atoms with van der Waals surface area (Å²) in [7, 11) is 0. The molecule has 9 nitrogen and oxygen atoms in total. The Kier molecular flexibility index (Phi) is 8.55. The van der Waals surface area contributed by atoms with Crippen molar-refractivity contribution in [3.63, 3.8) is 0 Å². The van der Waals surface area contributed by atoms with Gasteiger partial charge in [-0.05, 0) is 67.9 Å². The molecule has 2 aromatic rings. The lowest BCUT2D eigenvalue weighted by Crippen LogP contribution is -2.53. The predicted molar refractivity (Wildman–Crippen MR) is 149 cm³/mol. The van der Waals surface area contributed by atoms with Crippen LogP contribution in [0.15, 0.2) is 59.0 Å². The van der Waals surface area contributed by atoms with Crippen LogP contribution in [0.4, 0.5) is 24.9 Å². The highest BCUT2D eigenvalue weighted by molar-refractivity contribution is 5.86. The Hall–Kier alpha value is -3.96. The smallest absolute Gasteiger partial charge is 0.433 e. The largest absolute Gasteiger partial charge is 0.483 e. The zero-order chi connectivity index (χ0) is 29.0. The number of nitrogen functional groups attached to an aromatic ring is 1. The second-order valence-corrected chi connectivity index (χ2v) is 10.4. The van der Waals surface area contributed by atoms with Crippen molar-refractivity contribution in [2.24, 2.45) is 16.8 Å². The minimum atomic E-state index is -4.54. The number of rotatable bonds is 7. The third-order valence-corrected chi connectivity index (χ3v) is 7.86. The summed E-state index contributed by atoms with van der Waals surface area (Å²) < 4.78 is 47.1. The Labute approximate surface area is 237 Å². The summed E-state index contributed by atoms with van der Waals surface area (Å²) >= 11 is 0. The Morgan fingerprint density at radius 2 is 1.93 bits per heavy atom. The van der Waals surface area contributed by atoms with Crippen molar-refractivity contribution in [1.29, 1.82) is 0 Å². The molecular formula is C29H34F3N7O2. The highest BCUT2D eigenvalue weighted by Gasteiger charge is 2.42. The van der Waals surface area contributed by atoms with Gasteiger partial charge in [-0.3, -0.25) is 9.79 Å². The van der Waals surface area contributed by atoms with Crippen molar-refractivity contribution in [3.8, 4) is 5.75 Å². The molecule has 2 aliphatic heterocycles. The van der Waals surface area contributed by atoms with Crippen LogP contribution in [0.25, 0.3) is 0 Å². The van der Waals surface area contributed by atoms with Crippen LogP contribution in [0.2, 0.25) is 0 Å². The SMILES string of the molecule is CCC1=NC(C(F)(F)F)=CC(C2CCC2C(=O)N2CCN(c3ncccc3OCc3ccnc(N)n3)CC2)=CCC1. The maximum atomic E-state index is 13.7. The molecule has 12 heteroatoms. The number of pyridine rings is 1. The number of piperazine rings is 1. The molecule has 1 aliphatic carbocycles. The first-order valence-electron chi connectivity index (χ1n) is 14.0. The molecule has 0 radical (unpaired) electrons. The number of aliphatic imine (C=N–C) groups is 1. The van der Waals surface area contributed by atoms with Gasteiger partial charge in [0.05, 0.1) is 5.69 Å². The van der Waals surface area contributed by atoms with Gasteiger partial charge in [0.1, 0.15) is 12.3 Å². The highest BCUT2D eigenvalue weighted by atomic mass is 19.4. The summed E-state index contributed by atoms with van der Waals surface area (Å²) in [6.07, 6.45) is 4.73. The lowest BCUT2D eigenvalue weighted by Gasteiger charge is -2.43. The van der Waals surface area contributed by atoms with E-state index in [1.54, 1.807) is 24.5 Å². The fourth-order valence-electron chi connectivity index (χ4n) is 5.49. The Bertz CT molecular complexity index is 1350. The van der Waals surface area contributed by atoms with Crippen LogP contribution < -0.4 is 15.4 Å². The molecule has 5 rings (SSSR count). The fourth-order valence-corrected chi connectivity index (χ4v) is 5.49. The van der Waals surface area contributed by atoms with Gasteiger partial charge in [0.25, 0.3) is 0 Å². The monoisotopic (exact) mass is 569 g/mol. The lowest BCUT2D eigenvalue weighted by atomic mass is 9.68.